The van der Waals surface area contributed by atoms with Crippen LogP contribution in [0.2, 0.25) is 0 Å². The summed E-state index contributed by atoms with van der Waals surface area (Å²) in [5, 5.41) is 9.57. The molecular formula is C16H17NOS. The Morgan fingerprint density at radius 2 is 1.74 bits per heavy atom. The van der Waals surface area contributed by atoms with Crippen LogP contribution in [0.25, 0.3) is 0 Å². The highest BCUT2D eigenvalue weighted by Gasteiger charge is 1.95. The van der Waals surface area contributed by atoms with Gasteiger partial charge >= 0.3 is 0 Å². The monoisotopic (exact) mass is 271 g/mol. The van der Waals surface area contributed by atoms with E-state index in [-0.39, 0.29) is 5.75 Å². The minimum Gasteiger partial charge on any atom is -0.507 e. The zero-order valence-corrected chi connectivity index (χ0v) is 11.5. The number of benzene rings is 2. The average molecular weight is 271 g/mol. The lowest BCUT2D eigenvalue weighted by atomic mass is 10.2. The van der Waals surface area contributed by atoms with Crippen LogP contribution in [0.3, 0.4) is 0 Å². The zero-order chi connectivity index (χ0) is 13.3. The van der Waals surface area contributed by atoms with Crippen molar-refractivity contribution in [3.8, 4) is 5.75 Å². The lowest BCUT2D eigenvalue weighted by molar-refractivity contribution is 0.474. The number of aromatic hydroxyl groups is 1. The Bertz CT molecular complexity index is 525. The summed E-state index contributed by atoms with van der Waals surface area (Å²) in [6.07, 6.45) is 2.77. The highest BCUT2D eigenvalue weighted by atomic mass is 32.2. The van der Waals surface area contributed by atoms with Crippen molar-refractivity contribution in [3.63, 3.8) is 0 Å². The Morgan fingerprint density at radius 1 is 1.00 bits per heavy atom. The summed E-state index contributed by atoms with van der Waals surface area (Å²) >= 11 is 1.85. The molecule has 0 radical (unpaired) electrons. The standard InChI is InChI=1S/C16H17NOS/c18-16-10-5-4-7-14(16)13-17-11-6-12-19-15-8-2-1-3-9-15/h1-5,7-10,13,18H,6,11-12H2. The van der Waals surface area contributed by atoms with Gasteiger partial charge in [0.25, 0.3) is 0 Å². The summed E-state index contributed by atoms with van der Waals surface area (Å²) in [5.74, 6) is 1.34. The topological polar surface area (TPSA) is 32.6 Å². The maximum Gasteiger partial charge on any atom is 0.124 e. The third-order valence-electron chi connectivity index (χ3n) is 2.61. The van der Waals surface area contributed by atoms with Gasteiger partial charge in [0.1, 0.15) is 5.75 Å². The van der Waals surface area contributed by atoms with Crippen molar-refractivity contribution in [2.45, 2.75) is 11.3 Å². The van der Waals surface area contributed by atoms with Crippen molar-refractivity contribution in [1.29, 1.82) is 0 Å². The van der Waals surface area contributed by atoms with Gasteiger partial charge in [0.05, 0.1) is 0 Å². The molecule has 2 aromatic rings. The molecule has 0 spiro atoms. The van der Waals surface area contributed by atoms with E-state index in [0.29, 0.717) is 0 Å². The molecule has 2 rings (SSSR count). The first-order valence-electron chi connectivity index (χ1n) is 6.32. The van der Waals surface area contributed by atoms with Gasteiger partial charge in [-0.05, 0) is 36.4 Å². The molecule has 2 aromatic carbocycles. The number of aliphatic imine (C=N–C) groups is 1. The quantitative estimate of drug-likeness (QED) is 0.489. The van der Waals surface area contributed by atoms with Crippen molar-refractivity contribution in [2.24, 2.45) is 4.99 Å². The summed E-state index contributed by atoms with van der Waals surface area (Å²) in [6.45, 7) is 0.786. The SMILES string of the molecule is Oc1ccccc1C=NCCCSc1ccccc1. The van der Waals surface area contributed by atoms with Gasteiger partial charge in [-0.3, -0.25) is 4.99 Å². The third kappa shape index (κ3) is 4.79. The van der Waals surface area contributed by atoms with Gasteiger partial charge in [0.2, 0.25) is 0 Å². The van der Waals surface area contributed by atoms with E-state index in [4.69, 9.17) is 0 Å². The first kappa shape index (κ1) is 13.7. The highest BCUT2D eigenvalue weighted by Crippen LogP contribution is 2.17. The molecule has 0 fully saturated rings. The molecule has 0 saturated heterocycles. The number of phenolic OH excluding ortho intramolecular Hbond substituents is 1. The molecule has 0 heterocycles. The van der Waals surface area contributed by atoms with Crippen LogP contribution in [0.5, 0.6) is 5.75 Å². The molecule has 0 bridgehead atoms. The fourth-order valence-corrected chi connectivity index (χ4v) is 2.48. The minimum atomic E-state index is 0.282. The predicted molar refractivity (Wildman–Crippen MR) is 82.4 cm³/mol. The van der Waals surface area contributed by atoms with E-state index in [9.17, 15) is 5.11 Å². The summed E-state index contributed by atoms with van der Waals surface area (Å²) in [4.78, 5) is 5.63. The summed E-state index contributed by atoms with van der Waals surface area (Å²) in [5.41, 5.74) is 0.776. The average Bonchev–Trinajstić information content (AvgIpc) is 2.45. The molecule has 0 aliphatic rings. The fourth-order valence-electron chi connectivity index (χ4n) is 1.62. The van der Waals surface area contributed by atoms with Crippen molar-refractivity contribution in [3.05, 3.63) is 60.2 Å². The van der Waals surface area contributed by atoms with Crippen LogP contribution in [0, 0.1) is 0 Å². The molecule has 0 aromatic heterocycles. The Labute approximate surface area is 118 Å². The molecule has 0 saturated carbocycles. The lowest BCUT2D eigenvalue weighted by Crippen LogP contribution is -1.88. The van der Waals surface area contributed by atoms with Gasteiger partial charge in [-0.1, -0.05) is 30.3 Å². The van der Waals surface area contributed by atoms with Crippen LogP contribution in [-0.4, -0.2) is 23.6 Å². The summed E-state index contributed by atoms with van der Waals surface area (Å²) in [7, 11) is 0. The second kappa shape index (κ2) is 7.64. The van der Waals surface area contributed by atoms with Gasteiger partial charge in [0.15, 0.2) is 0 Å². The smallest absolute Gasteiger partial charge is 0.124 e. The van der Waals surface area contributed by atoms with Crippen LogP contribution in [0.15, 0.2) is 64.5 Å². The Hall–Kier alpha value is -1.74. The third-order valence-corrected chi connectivity index (χ3v) is 3.71. The lowest BCUT2D eigenvalue weighted by Gasteiger charge is -1.99. The van der Waals surface area contributed by atoms with Crippen molar-refractivity contribution >= 4 is 18.0 Å². The molecular weight excluding hydrogens is 254 g/mol. The molecule has 1 N–H and O–H groups in total. The number of hydrogen-bond donors (Lipinski definition) is 1. The van der Waals surface area contributed by atoms with Gasteiger partial charge in [-0.25, -0.2) is 0 Å². The number of para-hydroxylation sites is 1. The Balaban J connectivity index is 1.68. The van der Waals surface area contributed by atoms with E-state index < -0.39 is 0 Å². The number of phenols is 1. The predicted octanol–water partition coefficient (Wildman–Crippen LogP) is 3.99. The fraction of sp³-hybridized carbons (Fsp3) is 0.188. The second-order valence-corrected chi connectivity index (χ2v) is 5.28. The van der Waals surface area contributed by atoms with Gasteiger partial charge in [-0.2, -0.15) is 0 Å². The second-order valence-electron chi connectivity index (χ2n) is 4.11. The molecule has 0 atom stereocenters. The molecule has 98 valence electrons. The van der Waals surface area contributed by atoms with Crippen molar-refractivity contribution in [1.82, 2.24) is 0 Å². The van der Waals surface area contributed by atoms with Crippen LogP contribution in [0.1, 0.15) is 12.0 Å². The molecule has 0 aliphatic heterocycles. The molecule has 0 amide bonds. The molecule has 3 heteroatoms. The Morgan fingerprint density at radius 3 is 2.53 bits per heavy atom. The highest BCUT2D eigenvalue weighted by molar-refractivity contribution is 7.99. The molecule has 0 aliphatic carbocycles. The summed E-state index contributed by atoms with van der Waals surface area (Å²) < 4.78 is 0. The first-order chi connectivity index (χ1) is 9.36. The normalized spacial score (nSPS) is 10.9. The van der Waals surface area contributed by atoms with E-state index >= 15 is 0 Å². The van der Waals surface area contributed by atoms with Crippen LogP contribution in [-0.2, 0) is 0 Å². The van der Waals surface area contributed by atoms with Gasteiger partial charge in [-0.15, -0.1) is 11.8 Å². The number of hydrogen-bond acceptors (Lipinski definition) is 3. The maximum absolute atomic E-state index is 9.57. The van der Waals surface area contributed by atoms with Gasteiger partial charge in [0, 0.05) is 23.2 Å². The summed E-state index contributed by atoms with van der Waals surface area (Å²) in [6, 6.07) is 17.6. The minimum absolute atomic E-state index is 0.282. The zero-order valence-electron chi connectivity index (χ0n) is 10.7. The van der Waals surface area contributed by atoms with E-state index in [0.717, 1.165) is 24.3 Å². The van der Waals surface area contributed by atoms with Crippen molar-refractivity contribution in [2.75, 3.05) is 12.3 Å². The number of rotatable bonds is 6. The number of nitrogens with zero attached hydrogens (tertiary/aromatic N) is 1. The largest absolute Gasteiger partial charge is 0.507 e. The van der Waals surface area contributed by atoms with E-state index in [1.165, 1.54) is 4.90 Å². The van der Waals surface area contributed by atoms with E-state index in [1.54, 1.807) is 12.3 Å². The maximum atomic E-state index is 9.57. The van der Waals surface area contributed by atoms with Crippen LogP contribution in [0.4, 0.5) is 0 Å². The van der Waals surface area contributed by atoms with E-state index in [1.807, 2.05) is 36.0 Å². The first-order valence-corrected chi connectivity index (χ1v) is 7.30. The molecule has 0 unspecified atom stereocenters. The van der Waals surface area contributed by atoms with Crippen LogP contribution >= 0.6 is 11.8 Å². The molecule has 2 nitrogen and oxygen atoms in total. The van der Waals surface area contributed by atoms with Crippen molar-refractivity contribution < 1.29 is 5.11 Å². The molecule has 19 heavy (non-hydrogen) atoms. The van der Waals surface area contributed by atoms with Gasteiger partial charge < -0.3 is 5.11 Å². The Kier molecular flexibility index (Phi) is 5.50. The van der Waals surface area contributed by atoms with E-state index in [2.05, 4.69) is 29.3 Å². The number of thioether (sulfide) groups is 1. The van der Waals surface area contributed by atoms with Crippen LogP contribution < -0.4 is 0 Å².